The highest BCUT2D eigenvalue weighted by Gasteiger charge is 2.28. The van der Waals surface area contributed by atoms with E-state index < -0.39 is 0 Å². The van der Waals surface area contributed by atoms with Crippen molar-refractivity contribution in [3.05, 3.63) is 64.6 Å². The summed E-state index contributed by atoms with van der Waals surface area (Å²) in [5.41, 5.74) is 2.24. The molecule has 116 valence electrons. The van der Waals surface area contributed by atoms with Crippen LogP contribution in [0.4, 0.5) is 5.82 Å². The molecule has 1 aliphatic rings. The molecule has 0 aliphatic carbocycles. The summed E-state index contributed by atoms with van der Waals surface area (Å²) in [6.07, 6.45) is 1.66. The van der Waals surface area contributed by atoms with Crippen LogP contribution in [0.1, 0.15) is 5.56 Å². The van der Waals surface area contributed by atoms with Gasteiger partial charge < -0.3 is 4.90 Å². The van der Waals surface area contributed by atoms with Crippen LogP contribution in [0.15, 0.2) is 53.5 Å². The molecule has 4 rings (SSSR count). The molecule has 0 amide bonds. The van der Waals surface area contributed by atoms with Gasteiger partial charge in [-0.25, -0.2) is 9.67 Å². The first-order valence-electron chi connectivity index (χ1n) is 7.84. The number of pyridine rings is 1. The average molecular weight is 306 g/mol. The van der Waals surface area contributed by atoms with Gasteiger partial charge in [-0.2, -0.15) is 5.10 Å². The molecule has 3 aromatic rings. The van der Waals surface area contributed by atoms with Crippen molar-refractivity contribution in [2.75, 3.05) is 18.0 Å². The average Bonchev–Trinajstić information content (AvgIpc) is 2.52. The van der Waals surface area contributed by atoms with E-state index in [1.807, 2.05) is 12.1 Å². The maximum Gasteiger partial charge on any atom is 0.266 e. The number of benzene rings is 1. The van der Waals surface area contributed by atoms with E-state index in [-0.39, 0.29) is 5.56 Å². The second kappa shape index (κ2) is 5.50. The zero-order valence-corrected chi connectivity index (χ0v) is 13.0. The van der Waals surface area contributed by atoms with Crippen LogP contribution in [0.5, 0.6) is 0 Å². The Morgan fingerprint density at radius 3 is 2.83 bits per heavy atom. The van der Waals surface area contributed by atoms with Crippen LogP contribution in [-0.4, -0.2) is 27.9 Å². The van der Waals surface area contributed by atoms with Gasteiger partial charge in [0.05, 0.1) is 12.1 Å². The first-order chi connectivity index (χ1) is 11.2. The van der Waals surface area contributed by atoms with Gasteiger partial charge in [0.2, 0.25) is 0 Å². The van der Waals surface area contributed by atoms with Gasteiger partial charge in [0.1, 0.15) is 5.82 Å². The molecule has 1 saturated heterocycles. The van der Waals surface area contributed by atoms with Gasteiger partial charge in [-0.05, 0) is 30.7 Å². The Morgan fingerprint density at radius 1 is 1.17 bits per heavy atom. The molecule has 0 spiro atoms. The second-order valence-corrected chi connectivity index (χ2v) is 6.13. The highest BCUT2D eigenvalue weighted by atomic mass is 16.1. The first kappa shape index (κ1) is 13.9. The zero-order chi connectivity index (χ0) is 15.8. The van der Waals surface area contributed by atoms with Crippen molar-refractivity contribution in [1.82, 2.24) is 14.8 Å². The van der Waals surface area contributed by atoms with Crippen LogP contribution in [-0.2, 0) is 6.54 Å². The van der Waals surface area contributed by atoms with Gasteiger partial charge in [-0.15, -0.1) is 0 Å². The Hall–Kier alpha value is -2.69. The van der Waals surface area contributed by atoms with E-state index in [1.165, 1.54) is 10.9 Å². The molecule has 5 nitrogen and oxygen atoms in total. The number of hydrogen-bond acceptors (Lipinski definition) is 4. The number of hydrogen-bond donors (Lipinski definition) is 0. The summed E-state index contributed by atoms with van der Waals surface area (Å²) < 4.78 is 1.54. The molecule has 1 aliphatic heterocycles. The molecule has 5 heteroatoms. The summed E-state index contributed by atoms with van der Waals surface area (Å²) >= 11 is 0. The topological polar surface area (TPSA) is 51.0 Å². The predicted molar refractivity (Wildman–Crippen MR) is 90.7 cm³/mol. The highest BCUT2D eigenvalue weighted by molar-refractivity contribution is 5.83. The van der Waals surface area contributed by atoms with Crippen molar-refractivity contribution in [3.8, 4) is 0 Å². The van der Waals surface area contributed by atoms with E-state index in [4.69, 9.17) is 4.98 Å². The maximum atomic E-state index is 11.7. The molecule has 0 atom stereocenters. The van der Waals surface area contributed by atoms with Gasteiger partial charge in [-0.3, -0.25) is 4.79 Å². The molecule has 1 aromatic carbocycles. The Balaban J connectivity index is 1.50. The molecule has 0 N–H and O–H groups in total. The Bertz CT molecular complexity index is 912. The summed E-state index contributed by atoms with van der Waals surface area (Å²) in [6, 6.07) is 13.6. The number of aryl methyl sites for hydroxylation is 1. The van der Waals surface area contributed by atoms with Crippen molar-refractivity contribution < 1.29 is 0 Å². The maximum absolute atomic E-state index is 11.7. The third kappa shape index (κ3) is 2.59. The fraction of sp³-hybridized carbons (Fsp3) is 0.278. The van der Waals surface area contributed by atoms with Crippen LogP contribution in [0, 0.1) is 12.8 Å². The van der Waals surface area contributed by atoms with Gasteiger partial charge in [0.15, 0.2) is 0 Å². The number of fused-ring (bicyclic) bond motifs is 1. The molecule has 3 heterocycles. The van der Waals surface area contributed by atoms with Gasteiger partial charge in [0, 0.05) is 36.7 Å². The van der Waals surface area contributed by atoms with Crippen LogP contribution < -0.4 is 10.5 Å². The van der Waals surface area contributed by atoms with E-state index in [0.717, 1.165) is 24.4 Å². The number of aromatic nitrogens is 3. The van der Waals surface area contributed by atoms with Crippen LogP contribution in [0.2, 0.25) is 0 Å². The lowest BCUT2D eigenvalue weighted by Gasteiger charge is -2.40. The molecule has 0 radical (unpaired) electrons. The quantitative estimate of drug-likeness (QED) is 0.744. The number of nitrogens with zero attached hydrogens (tertiary/aromatic N) is 4. The standard InChI is InChI=1S/C18H18N4O/c1-13-9-17(20-16-6-3-2-5-15(13)16)21-10-14(11-21)12-22-18(23)7-4-8-19-22/h2-9,14H,10-12H2,1H3. The molecule has 1 fully saturated rings. The van der Waals surface area contributed by atoms with Crippen molar-refractivity contribution in [2.45, 2.75) is 13.5 Å². The van der Waals surface area contributed by atoms with Gasteiger partial charge in [-0.1, -0.05) is 18.2 Å². The number of anilines is 1. The minimum atomic E-state index is -0.0365. The fourth-order valence-corrected chi connectivity index (χ4v) is 3.14. The van der Waals surface area contributed by atoms with Gasteiger partial charge in [0.25, 0.3) is 5.56 Å². The summed E-state index contributed by atoms with van der Waals surface area (Å²) in [7, 11) is 0. The van der Waals surface area contributed by atoms with E-state index in [1.54, 1.807) is 23.0 Å². The summed E-state index contributed by atoms with van der Waals surface area (Å²) in [4.78, 5) is 18.7. The normalized spacial score (nSPS) is 14.9. The lowest BCUT2D eigenvalue weighted by molar-refractivity contribution is 0.333. The number of rotatable bonds is 3. The van der Waals surface area contributed by atoms with E-state index >= 15 is 0 Å². The lowest BCUT2D eigenvalue weighted by Crippen LogP contribution is -2.50. The highest BCUT2D eigenvalue weighted by Crippen LogP contribution is 2.27. The van der Waals surface area contributed by atoms with E-state index in [0.29, 0.717) is 12.5 Å². The summed E-state index contributed by atoms with van der Waals surface area (Å²) in [5.74, 6) is 1.46. The monoisotopic (exact) mass is 306 g/mol. The lowest BCUT2D eigenvalue weighted by atomic mass is 9.99. The van der Waals surface area contributed by atoms with Crippen LogP contribution in [0.25, 0.3) is 10.9 Å². The minimum absolute atomic E-state index is 0.0365. The molecule has 23 heavy (non-hydrogen) atoms. The van der Waals surface area contributed by atoms with Crippen LogP contribution >= 0.6 is 0 Å². The number of para-hydroxylation sites is 1. The fourth-order valence-electron chi connectivity index (χ4n) is 3.14. The largest absolute Gasteiger partial charge is 0.356 e. The Labute approximate surface area is 134 Å². The minimum Gasteiger partial charge on any atom is -0.356 e. The molecule has 0 unspecified atom stereocenters. The molecule has 0 bridgehead atoms. The van der Waals surface area contributed by atoms with Crippen molar-refractivity contribution in [3.63, 3.8) is 0 Å². The van der Waals surface area contributed by atoms with Crippen LogP contribution in [0.3, 0.4) is 0 Å². The van der Waals surface area contributed by atoms with Crippen molar-refractivity contribution in [2.24, 2.45) is 5.92 Å². The van der Waals surface area contributed by atoms with Crippen molar-refractivity contribution in [1.29, 1.82) is 0 Å². The molecule has 2 aromatic heterocycles. The Morgan fingerprint density at radius 2 is 2.00 bits per heavy atom. The smallest absolute Gasteiger partial charge is 0.266 e. The molecular weight excluding hydrogens is 288 g/mol. The second-order valence-electron chi connectivity index (χ2n) is 6.13. The Kier molecular flexibility index (Phi) is 3.33. The first-order valence-corrected chi connectivity index (χ1v) is 7.84. The molecular formula is C18H18N4O. The van der Waals surface area contributed by atoms with Gasteiger partial charge >= 0.3 is 0 Å². The summed E-state index contributed by atoms with van der Waals surface area (Å²) in [6.45, 7) is 4.61. The SMILES string of the molecule is Cc1cc(N2CC(Cn3ncccc3=O)C2)nc2ccccc12. The summed E-state index contributed by atoms with van der Waals surface area (Å²) in [5, 5.41) is 5.33. The van der Waals surface area contributed by atoms with Crippen molar-refractivity contribution >= 4 is 16.7 Å². The van der Waals surface area contributed by atoms with E-state index in [2.05, 4.69) is 35.1 Å². The molecule has 0 saturated carbocycles. The van der Waals surface area contributed by atoms with E-state index in [9.17, 15) is 4.79 Å². The predicted octanol–water partition coefficient (Wildman–Crippen LogP) is 2.24. The third-order valence-electron chi connectivity index (χ3n) is 4.41. The third-order valence-corrected chi connectivity index (χ3v) is 4.41. The zero-order valence-electron chi connectivity index (χ0n) is 13.0.